The fraction of sp³-hybridized carbons (Fsp3) is 0.312. The second-order valence-electron chi connectivity index (χ2n) is 5.96. The van der Waals surface area contributed by atoms with E-state index in [0.29, 0.717) is 40.5 Å². The van der Waals surface area contributed by atoms with Crippen LogP contribution in [0.3, 0.4) is 0 Å². The largest absolute Gasteiger partial charge is 0.379 e. The van der Waals surface area contributed by atoms with Crippen LogP contribution in [0.2, 0.25) is 10.0 Å². The van der Waals surface area contributed by atoms with Crippen molar-refractivity contribution in [3.05, 3.63) is 58.0 Å². The van der Waals surface area contributed by atoms with Gasteiger partial charge in [-0.3, -0.25) is 4.68 Å². The molecule has 0 saturated carbocycles. The van der Waals surface area contributed by atoms with E-state index >= 15 is 0 Å². The number of hydrogen-bond acceptors (Lipinski definition) is 5. The molecule has 7 nitrogen and oxygen atoms in total. The Balaban J connectivity index is 1.60. The van der Waals surface area contributed by atoms with Gasteiger partial charge in [-0.25, -0.2) is 9.97 Å². The lowest BCUT2D eigenvalue weighted by molar-refractivity contribution is 0.200. The number of aliphatic hydroxyl groups is 1. The number of hydrogen-bond donors (Lipinski definition) is 1. The predicted molar refractivity (Wildman–Crippen MR) is 94.8 cm³/mol. The van der Waals surface area contributed by atoms with Gasteiger partial charge in [0.05, 0.1) is 34.5 Å². The molecule has 0 saturated heterocycles. The predicted octanol–water partition coefficient (Wildman–Crippen LogP) is 2.42. The normalized spacial score (nSPS) is 15.3. The molecule has 4 rings (SSSR count). The van der Waals surface area contributed by atoms with Crippen molar-refractivity contribution in [3.8, 4) is 0 Å². The molecule has 1 atom stereocenters. The van der Waals surface area contributed by atoms with Crippen molar-refractivity contribution in [2.24, 2.45) is 7.05 Å². The van der Waals surface area contributed by atoms with Crippen LogP contribution >= 0.6 is 23.2 Å². The third kappa shape index (κ3) is 2.99. The van der Waals surface area contributed by atoms with Crippen molar-refractivity contribution < 1.29 is 5.11 Å². The standard InChI is InChI=1S/C16H16Cl2N6O/c1-22-3-2-19-16(22)14(25)13-7-11-9-23(4-5-24(11)21-13)15-12(18)6-10(17)8-20-15/h2-3,6-8,14,25H,4-5,9H2,1H3/t14-/m0/s1. The summed E-state index contributed by atoms with van der Waals surface area (Å²) in [6, 6.07) is 3.59. The minimum absolute atomic E-state index is 0.510. The Kier molecular flexibility index (Phi) is 4.15. The van der Waals surface area contributed by atoms with E-state index in [0.717, 1.165) is 12.2 Å². The van der Waals surface area contributed by atoms with Gasteiger partial charge in [-0.15, -0.1) is 0 Å². The average Bonchev–Trinajstić information content (AvgIpc) is 3.19. The lowest BCUT2D eigenvalue weighted by Crippen LogP contribution is -2.34. The number of anilines is 1. The van der Waals surface area contributed by atoms with E-state index in [-0.39, 0.29) is 0 Å². The average molecular weight is 379 g/mol. The summed E-state index contributed by atoms with van der Waals surface area (Å²) >= 11 is 12.2. The fourth-order valence-electron chi connectivity index (χ4n) is 3.02. The molecule has 0 aliphatic carbocycles. The highest BCUT2D eigenvalue weighted by Gasteiger charge is 2.25. The Morgan fingerprint density at radius 1 is 1.20 bits per heavy atom. The first-order chi connectivity index (χ1) is 12.0. The third-order valence-corrected chi connectivity index (χ3v) is 4.77. The number of rotatable bonds is 3. The van der Waals surface area contributed by atoms with Crippen molar-refractivity contribution in [2.45, 2.75) is 19.2 Å². The lowest BCUT2D eigenvalue weighted by atomic mass is 10.2. The maximum Gasteiger partial charge on any atom is 0.155 e. The van der Waals surface area contributed by atoms with E-state index < -0.39 is 6.10 Å². The molecule has 130 valence electrons. The maximum absolute atomic E-state index is 10.5. The van der Waals surface area contributed by atoms with Gasteiger partial charge in [0.15, 0.2) is 6.10 Å². The number of aryl methyl sites for hydroxylation is 1. The summed E-state index contributed by atoms with van der Waals surface area (Å²) in [6.45, 7) is 2.01. The van der Waals surface area contributed by atoms with Crippen molar-refractivity contribution in [3.63, 3.8) is 0 Å². The lowest BCUT2D eigenvalue weighted by Gasteiger charge is -2.29. The number of pyridine rings is 1. The number of aromatic nitrogens is 5. The molecule has 1 N–H and O–H groups in total. The summed E-state index contributed by atoms with van der Waals surface area (Å²) in [7, 11) is 1.84. The van der Waals surface area contributed by atoms with Crippen LogP contribution in [0, 0.1) is 0 Å². The first-order valence-electron chi connectivity index (χ1n) is 7.81. The van der Waals surface area contributed by atoms with E-state index in [1.807, 2.05) is 17.8 Å². The number of imidazole rings is 1. The van der Waals surface area contributed by atoms with Crippen molar-refractivity contribution in [2.75, 3.05) is 11.4 Å². The molecule has 0 bridgehead atoms. The van der Waals surface area contributed by atoms with Gasteiger partial charge >= 0.3 is 0 Å². The number of aliphatic hydroxyl groups excluding tert-OH is 1. The van der Waals surface area contributed by atoms with E-state index in [4.69, 9.17) is 23.2 Å². The smallest absolute Gasteiger partial charge is 0.155 e. The Morgan fingerprint density at radius 3 is 2.76 bits per heavy atom. The molecule has 3 aromatic heterocycles. The summed E-state index contributed by atoms with van der Waals surface area (Å²) < 4.78 is 3.69. The number of fused-ring (bicyclic) bond motifs is 1. The maximum atomic E-state index is 10.5. The van der Waals surface area contributed by atoms with Crippen LogP contribution in [0.5, 0.6) is 0 Å². The minimum Gasteiger partial charge on any atom is -0.379 e. The molecule has 0 fully saturated rings. The molecular formula is C16H16Cl2N6O. The summed E-state index contributed by atoms with van der Waals surface area (Å²) in [6.07, 6.45) is 4.18. The fourth-order valence-corrected chi connectivity index (χ4v) is 3.52. The molecule has 3 aromatic rings. The topological polar surface area (TPSA) is 72.0 Å². The molecule has 0 amide bonds. The van der Waals surface area contributed by atoms with Gasteiger partial charge in [0.2, 0.25) is 0 Å². The molecule has 0 radical (unpaired) electrons. The van der Waals surface area contributed by atoms with E-state index in [1.165, 1.54) is 0 Å². The van der Waals surface area contributed by atoms with Gasteiger partial charge in [-0.2, -0.15) is 5.10 Å². The van der Waals surface area contributed by atoms with Crippen molar-refractivity contribution in [1.82, 2.24) is 24.3 Å². The first-order valence-corrected chi connectivity index (χ1v) is 8.56. The second-order valence-corrected chi connectivity index (χ2v) is 6.81. The van der Waals surface area contributed by atoms with Crippen LogP contribution in [0.1, 0.15) is 23.3 Å². The first kappa shape index (κ1) is 16.4. The molecule has 1 aliphatic heterocycles. The van der Waals surface area contributed by atoms with Gasteiger partial charge < -0.3 is 14.6 Å². The molecule has 25 heavy (non-hydrogen) atoms. The summed E-state index contributed by atoms with van der Waals surface area (Å²) in [5.74, 6) is 1.26. The second kappa shape index (κ2) is 6.33. The molecule has 0 unspecified atom stereocenters. The molecule has 0 aromatic carbocycles. The van der Waals surface area contributed by atoms with Crippen molar-refractivity contribution >= 4 is 29.0 Å². The molecule has 0 spiro atoms. The summed E-state index contributed by atoms with van der Waals surface area (Å²) in [5.41, 5.74) is 1.57. The Hall–Kier alpha value is -2.09. The zero-order chi connectivity index (χ0) is 17.6. The molecule has 1 aliphatic rings. The molecule has 9 heteroatoms. The molecule has 4 heterocycles. The van der Waals surface area contributed by atoms with Crippen LogP contribution < -0.4 is 4.90 Å². The van der Waals surface area contributed by atoms with Crippen LogP contribution in [-0.4, -0.2) is 36.0 Å². The SMILES string of the molecule is Cn1ccnc1[C@@H](O)c1cc2n(n1)CCN(c1ncc(Cl)cc1Cl)C2. The van der Waals surface area contributed by atoms with Gasteiger partial charge in [-0.1, -0.05) is 23.2 Å². The Bertz CT molecular complexity index is 921. The monoisotopic (exact) mass is 378 g/mol. The number of nitrogens with zero attached hydrogens (tertiary/aromatic N) is 6. The molecular weight excluding hydrogens is 363 g/mol. The summed E-state index contributed by atoms with van der Waals surface area (Å²) in [5, 5.41) is 16.1. The van der Waals surface area contributed by atoms with Gasteiger partial charge in [0.25, 0.3) is 0 Å². The Labute approximate surface area is 154 Å². The zero-order valence-corrected chi connectivity index (χ0v) is 15.0. The van der Waals surface area contributed by atoms with Gasteiger partial charge in [0.1, 0.15) is 11.6 Å². The zero-order valence-electron chi connectivity index (χ0n) is 13.5. The van der Waals surface area contributed by atoms with Crippen LogP contribution in [0.4, 0.5) is 5.82 Å². The van der Waals surface area contributed by atoms with E-state index in [2.05, 4.69) is 20.0 Å². The van der Waals surface area contributed by atoms with Gasteiger partial charge in [-0.05, 0) is 12.1 Å². The highest BCUT2D eigenvalue weighted by molar-refractivity contribution is 6.36. The van der Waals surface area contributed by atoms with Crippen LogP contribution in [-0.2, 0) is 20.1 Å². The third-order valence-electron chi connectivity index (χ3n) is 4.29. The highest BCUT2D eigenvalue weighted by Crippen LogP contribution is 2.29. The number of halogens is 2. The minimum atomic E-state index is -0.858. The highest BCUT2D eigenvalue weighted by atomic mass is 35.5. The summed E-state index contributed by atoms with van der Waals surface area (Å²) in [4.78, 5) is 10.6. The van der Waals surface area contributed by atoms with Gasteiger partial charge in [0, 0.05) is 32.2 Å². The van der Waals surface area contributed by atoms with E-state index in [1.54, 1.807) is 29.2 Å². The van der Waals surface area contributed by atoms with E-state index in [9.17, 15) is 5.11 Å². The van der Waals surface area contributed by atoms with Crippen LogP contribution in [0.25, 0.3) is 0 Å². The Morgan fingerprint density at radius 2 is 2.04 bits per heavy atom. The quantitative estimate of drug-likeness (QED) is 0.757. The van der Waals surface area contributed by atoms with Crippen LogP contribution in [0.15, 0.2) is 30.7 Å². The van der Waals surface area contributed by atoms with Crippen molar-refractivity contribution in [1.29, 1.82) is 0 Å².